The third-order valence-corrected chi connectivity index (χ3v) is 2.74. The first-order valence-electron chi connectivity index (χ1n) is 6.56. The van der Waals surface area contributed by atoms with E-state index in [0.29, 0.717) is 0 Å². The monoisotopic (exact) mass is 297 g/mol. The van der Waals surface area contributed by atoms with Gasteiger partial charge in [0.05, 0.1) is 6.42 Å². The molecule has 0 saturated heterocycles. The maximum atomic E-state index is 13.9. The van der Waals surface area contributed by atoms with Crippen molar-refractivity contribution >= 4 is 11.9 Å². The Bertz CT molecular complexity index is 525. The highest BCUT2D eigenvalue weighted by molar-refractivity contribution is 5.81. The zero-order valence-corrected chi connectivity index (χ0v) is 12.3. The first kappa shape index (κ1) is 17.1. The number of carbonyl (C=O) groups excluding carboxylic acids is 1. The van der Waals surface area contributed by atoms with E-state index in [2.05, 4.69) is 0 Å². The normalized spacial score (nSPS) is 14.3. The molecule has 3 N–H and O–H groups in total. The standard InChI is InChI=1S/C15H20FNO4/c1-15(2,3)21-14(20)13(11(17)8-12(18)19)9-6-4-5-7-10(9)16/h4-7,11,13H,8,17H2,1-3H3,(H,18,19). The Labute approximate surface area is 122 Å². The van der Waals surface area contributed by atoms with Crippen LogP contribution in [0.4, 0.5) is 4.39 Å². The van der Waals surface area contributed by atoms with Gasteiger partial charge in [0.2, 0.25) is 0 Å². The Morgan fingerprint density at radius 1 is 1.33 bits per heavy atom. The maximum Gasteiger partial charge on any atom is 0.315 e. The molecule has 1 rings (SSSR count). The molecule has 2 atom stereocenters. The molecule has 0 aromatic heterocycles. The van der Waals surface area contributed by atoms with Crippen molar-refractivity contribution in [2.75, 3.05) is 0 Å². The molecule has 0 bridgehead atoms. The summed E-state index contributed by atoms with van der Waals surface area (Å²) in [6, 6.07) is 4.57. The highest BCUT2D eigenvalue weighted by Gasteiger charge is 2.34. The molecule has 0 spiro atoms. The van der Waals surface area contributed by atoms with E-state index >= 15 is 0 Å². The van der Waals surface area contributed by atoms with Gasteiger partial charge in [0.1, 0.15) is 17.3 Å². The maximum absolute atomic E-state index is 13.9. The van der Waals surface area contributed by atoms with E-state index < -0.39 is 41.7 Å². The van der Waals surface area contributed by atoms with Crippen molar-refractivity contribution < 1.29 is 23.8 Å². The average molecular weight is 297 g/mol. The van der Waals surface area contributed by atoms with Gasteiger partial charge in [-0.05, 0) is 26.8 Å². The summed E-state index contributed by atoms with van der Waals surface area (Å²) in [6.07, 6.45) is -0.460. The van der Waals surface area contributed by atoms with E-state index in [1.165, 1.54) is 18.2 Å². The van der Waals surface area contributed by atoms with Crippen molar-refractivity contribution in [1.29, 1.82) is 0 Å². The second-order valence-corrected chi connectivity index (χ2v) is 5.79. The molecule has 21 heavy (non-hydrogen) atoms. The number of esters is 1. The van der Waals surface area contributed by atoms with Crippen molar-refractivity contribution in [3.8, 4) is 0 Å². The van der Waals surface area contributed by atoms with Crippen LogP contribution in [0, 0.1) is 5.82 Å². The summed E-state index contributed by atoms with van der Waals surface area (Å²) >= 11 is 0. The Kier molecular flexibility index (Phi) is 5.43. The minimum atomic E-state index is -1.17. The van der Waals surface area contributed by atoms with Crippen molar-refractivity contribution in [3.63, 3.8) is 0 Å². The van der Waals surface area contributed by atoms with Crippen LogP contribution in [0.1, 0.15) is 38.7 Å². The molecule has 0 aliphatic rings. The Hall–Kier alpha value is -1.95. The lowest BCUT2D eigenvalue weighted by atomic mass is 9.89. The molecular formula is C15H20FNO4. The number of ether oxygens (including phenoxy) is 1. The van der Waals surface area contributed by atoms with Gasteiger partial charge in [0.25, 0.3) is 0 Å². The smallest absolute Gasteiger partial charge is 0.315 e. The first-order valence-corrected chi connectivity index (χ1v) is 6.56. The molecule has 2 unspecified atom stereocenters. The van der Waals surface area contributed by atoms with Crippen LogP contribution in [0.15, 0.2) is 24.3 Å². The van der Waals surface area contributed by atoms with Gasteiger partial charge in [-0.2, -0.15) is 0 Å². The number of benzene rings is 1. The molecule has 0 radical (unpaired) electrons. The van der Waals surface area contributed by atoms with Gasteiger partial charge in [-0.15, -0.1) is 0 Å². The summed E-state index contributed by atoms with van der Waals surface area (Å²) in [5, 5.41) is 8.84. The van der Waals surface area contributed by atoms with Gasteiger partial charge in [-0.3, -0.25) is 9.59 Å². The summed E-state index contributed by atoms with van der Waals surface area (Å²) in [7, 11) is 0. The largest absolute Gasteiger partial charge is 0.481 e. The van der Waals surface area contributed by atoms with E-state index in [4.69, 9.17) is 15.6 Å². The van der Waals surface area contributed by atoms with E-state index in [-0.39, 0.29) is 5.56 Å². The first-order chi connectivity index (χ1) is 9.61. The molecule has 1 aromatic carbocycles. The predicted molar refractivity (Wildman–Crippen MR) is 75.2 cm³/mol. The molecule has 0 saturated carbocycles. The third-order valence-electron chi connectivity index (χ3n) is 2.74. The van der Waals surface area contributed by atoms with Crippen LogP contribution >= 0.6 is 0 Å². The highest BCUT2D eigenvalue weighted by Crippen LogP contribution is 2.27. The number of carboxylic acids is 1. The molecule has 0 aliphatic carbocycles. The molecule has 0 aliphatic heterocycles. The number of aliphatic carboxylic acids is 1. The Morgan fingerprint density at radius 2 is 1.90 bits per heavy atom. The molecule has 0 fully saturated rings. The molecule has 0 heterocycles. The topological polar surface area (TPSA) is 89.6 Å². The number of carboxylic acid groups (broad SMARTS) is 1. The van der Waals surface area contributed by atoms with Gasteiger partial charge in [-0.25, -0.2) is 4.39 Å². The minimum absolute atomic E-state index is 0.0421. The summed E-state index contributed by atoms with van der Waals surface area (Å²) in [5.41, 5.74) is 5.06. The summed E-state index contributed by atoms with van der Waals surface area (Å²) in [6.45, 7) is 5.02. The SMILES string of the molecule is CC(C)(C)OC(=O)C(c1ccccc1F)C(N)CC(=O)O. The number of nitrogens with two attached hydrogens (primary N) is 1. The lowest BCUT2D eigenvalue weighted by Gasteiger charge is -2.27. The lowest BCUT2D eigenvalue weighted by Crippen LogP contribution is -2.39. The number of hydrogen-bond donors (Lipinski definition) is 2. The third kappa shape index (κ3) is 5.15. The van der Waals surface area contributed by atoms with Crippen LogP contribution in [-0.2, 0) is 14.3 Å². The van der Waals surface area contributed by atoms with Gasteiger partial charge in [-0.1, -0.05) is 18.2 Å². The molecule has 116 valence electrons. The second-order valence-electron chi connectivity index (χ2n) is 5.79. The fourth-order valence-electron chi connectivity index (χ4n) is 1.94. The van der Waals surface area contributed by atoms with E-state index in [0.717, 1.165) is 0 Å². The van der Waals surface area contributed by atoms with E-state index in [9.17, 15) is 14.0 Å². The van der Waals surface area contributed by atoms with Crippen LogP contribution < -0.4 is 5.73 Å². The zero-order chi connectivity index (χ0) is 16.2. The lowest BCUT2D eigenvalue weighted by molar-refractivity contribution is -0.157. The van der Waals surface area contributed by atoms with Crippen molar-refractivity contribution in [3.05, 3.63) is 35.6 Å². The van der Waals surface area contributed by atoms with Crippen LogP contribution in [0.25, 0.3) is 0 Å². The summed E-state index contributed by atoms with van der Waals surface area (Å²) in [4.78, 5) is 23.1. The molecule has 6 heteroatoms. The van der Waals surface area contributed by atoms with Crippen molar-refractivity contribution in [2.45, 2.75) is 44.8 Å². The molecule has 0 amide bonds. The fraction of sp³-hybridized carbons (Fsp3) is 0.467. The van der Waals surface area contributed by atoms with Crippen LogP contribution in [0.2, 0.25) is 0 Å². The van der Waals surface area contributed by atoms with E-state index in [1.54, 1.807) is 26.8 Å². The van der Waals surface area contributed by atoms with E-state index in [1.807, 2.05) is 0 Å². The quantitative estimate of drug-likeness (QED) is 0.812. The van der Waals surface area contributed by atoms with Crippen LogP contribution in [0.5, 0.6) is 0 Å². The molecule has 1 aromatic rings. The van der Waals surface area contributed by atoms with Crippen molar-refractivity contribution in [2.24, 2.45) is 5.73 Å². The molecule has 5 nitrogen and oxygen atoms in total. The van der Waals surface area contributed by atoms with Gasteiger partial charge >= 0.3 is 11.9 Å². The molecular weight excluding hydrogens is 277 g/mol. The predicted octanol–water partition coefficient (Wildman–Crippen LogP) is 2.05. The summed E-state index contributed by atoms with van der Waals surface area (Å²) < 4.78 is 19.2. The van der Waals surface area contributed by atoms with Crippen LogP contribution in [0.3, 0.4) is 0 Å². The Morgan fingerprint density at radius 3 is 2.38 bits per heavy atom. The number of carbonyl (C=O) groups is 2. The zero-order valence-electron chi connectivity index (χ0n) is 12.3. The number of hydrogen-bond acceptors (Lipinski definition) is 4. The average Bonchev–Trinajstić information content (AvgIpc) is 2.28. The van der Waals surface area contributed by atoms with Gasteiger partial charge in [0, 0.05) is 11.6 Å². The fourth-order valence-corrected chi connectivity index (χ4v) is 1.94. The van der Waals surface area contributed by atoms with Crippen LogP contribution in [-0.4, -0.2) is 28.7 Å². The number of rotatable bonds is 5. The number of halogens is 1. The Balaban J connectivity index is 3.14. The van der Waals surface area contributed by atoms with Crippen molar-refractivity contribution in [1.82, 2.24) is 0 Å². The summed E-state index contributed by atoms with van der Waals surface area (Å²) in [5.74, 6) is -3.68. The second kappa shape index (κ2) is 6.67. The van der Waals surface area contributed by atoms with Gasteiger partial charge in [0.15, 0.2) is 0 Å². The minimum Gasteiger partial charge on any atom is -0.481 e. The van der Waals surface area contributed by atoms with Gasteiger partial charge < -0.3 is 15.6 Å². The highest BCUT2D eigenvalue weighted by atomic mass is 19.1.